The number of anilines is 2. The van der Waals surface area contributed by atoms with Crippen molar-refractivity contribution in [1.82, 2.24) is 0 Å². The molecule has 0 saturated carbocycles. The second-order valence-corrected chi connectivity index (χ2v) is 10.6. The Morgan fingerprint density at radius 2 is 1.50 bits per heavy atom. The number of alkyl halides is 3. The average Bonchev–Trinajstić information content (AvgIpc) is 3.13. The molecule has 0 aromatic heterocycles. The molecule has 0 unspecified atom stereocenters. The van der Waals surface area contributed by atoms with E-state index in [0.717, 1.165) is 23.3 Å². The zero-order chi connectivity index (χ0) is 24.1. The van der Waals surface area contributed by atoms with Crippen molar-refractivity contribution in [3.8, 4) is 11.1 Å². The number of hydrogen-bond donors (Lipinski definition) is 1. The molecule has 178 valence electrons. The fourth-order valence-corrected chi connectivity index (χ4v) is 6.40. The van der Waals surface area contributed by atoms with Crippen LogP contribution in [0.5, 0.6) is 0 Å². The molecule has 2 N–H and O–H groups in total. The molecule has 3 aromatic rings. The average molecular weight is 489 g/mol. The van der Waals surface area contributed by atoms with E-state index in [1.807, 2.05) is 6.07 Å². The monoisotopic (exact) mass is 488 g/mol. The van der Waals surface area contributed by atoms with Crippen molar-refractivity contribution in [2.75, 3.05) is 29.8 Å². The lowest BCUT2D eigenvalue weighted by atomic mass is 9.75. The van der Waals surface area contributed by atoms with Gasteiger partial charge in [0.15, 0.2) is 0 Å². The van der Waals surface area contributed by atoms with Crippen LogP contribution in [0.25, 0.3) is 11.1 Å². The van der Waals surface area contributed by atoms with Crippen LogP contribution >= 0.6 is 0 Å². The molecule has 2 aliphatic rings. The number of hydrogen-bond acceptors (Lipinski definition) is 4. The van der Waals surface area contributed by atoms with Crippen LogP contribution in [0.1, 0.15) is 24.0 Å². The molecule has 0 aliphatic carbocycles. The Balaban J connectivity index is 1.59. The Morgan fingerprint density at radius 3 is 2.12 bits per heavy atom. The number of fused-ring (bicyclic) bond motifs is 2. The van der Waals surface area contributed by atoms with Crippen molar-refractivity contribution in [1.29, 1.82) is 0 Å². The van der Waals surface area contributed by atoms with Gasteiger partial charge in [-0.2, -0.15) is 13.2 Å². The van der Waals surface area contributed by atoms with E-state index in [1.54, 1.807) is 24.3 Å². The predicted molar refractivity (Wildman–Crippen MR) is 124 cm³/mol. The van der Waals surface area contributed by atoms with Gasteiger partial charge in [0.25, 0.3) is 10.0 Å². The first-order valence-electron chi connectivity index (χ1n) is 10.9. The Labute approximate surface area is 196 Å². The first-order valence-corrected chi connectivity index (χ1v) is 12.3. The predicted octanol–water partition coefficient (Wildman–Crippen LogP) is 5.21. The zero-order valence-electron chi connectivity index (χ0n) is 18.2. The van der Waals surface area contributed by atoms with Crippen LogP contribution in [0.15, 0.2) is 71.6 Å². The van der Waals surface area contributed by atoms with Gasteiger partial charge >= 0.3 is 6.18 Å². The number of rotatable bonds is 3. The van der Waals surface area contributed by atoms with Crippen LogP contribution in [-0.2, 0) is 26.4 Å². The number of halogens is 3. The lowest BCUT2D eigenvalue weighted by Crippen LogP contribution is -2.40. The van der Waals surface area contributed by atoms with E-state index in [4.69, 9.17) is 10.5 Å². The minimum Gasteiger partial charge on any atom is -0.399 e. The van der Waals surface area contributed by atoms with Crippen molar-refractivity contribution in [3.63, 3.8) is 0 Å². The summed E-state index contributed by atoms with van der Waals surface area (Å²) in [5.74, 6) is 0. The number of benzene rings is 3. The summed E-state index contributed by atoms with van der Waals surface area (Å²) in [7, 11) is -3.83. The van der Waals surface area contributed by atoms with Crippen LogP contribution in [0, 0.1) is 0 Å². The number of sulfonamides is 1. The summed E-state index contributed by atoms with van der Waals surface area (Å²) in [6.45, 7) is 1.31. The van der Waals surface area contributed by atoms with E-state index in [9.17, 15) is 21.6 Å². The minimum absolute atomic E-state index is 0.156. The Hall–Kier alpha value is -3.04. The molecule has 5 rings (SSSR count). The second-order valence-electron chi connectivity index (χ2n) is 8.78. The SMILES string of the molecule is Nc1ccc(S(=O)(=O)N2CC3(CCOCC3)c3cc(-c4ccc(C(F)(F)F)cc4)ccc32)cc1. The molecule has 9 heteroatoms. The highest BCUT2D eigenvalue weighted by Crippen LogP contribution is 2.49. The fraction of sp³-hybridized carbons (Fsp3) is 0.280. The molecular formula is C25H23F3N2O3S. The first kappa shape index (κ1) is 22.7. The van der Waals surface area contributed by atoms with Gasteiger partial charge in [-0.3, -0.25) is 4.31 Å². The fourth-order valence-electron chi connectivity index (χ4n) is 4.83. The number of nitrogens with zero attached hydrogens (tertiary/aromatic N) is 1. The van der Waals surface area contributed by atoms with Gasteiger partial charge < -0.3 is 10.5 Å². The first-order chi connectivity index (χ1) is 16.1. The molecule has 34 heavy (non-hydrogen) atoms. The van der Waals surface area contributed by atoms with Gasteiger partial charge in [0.05, 0.1) is 16.1 Å². The summed E-state index contributed by atoms with van der Waals surface area (Å²) >= 11 is 0. The van der Waals surface area contributed by atoms with E-state index in [2.05, 4.69) is 0 Å². The van der Waals surface area contributed by atoms with Crippen molar-refractivity contribution in [3.05, 3.63) is 77.9 Å². The maximum atomic E-state index is 13.6. The standard InChI is InChI=1S/C25H23F3N2O3S/c26-25(27,28)19-4-1-17(2-5-19)18-3-10-23-22(15-18)24(11-13-33-14-12-24)16-30(23)34(31,32)21-8-6-20(29)7-9-21/h1-10,15H,11-14,16,29H2. The van der Waals surface area contributed by atoms with Gasteiger partial charge in [-0.15, -0.1) is 0 Å². The van der Waals surface area contributed by atoms with Crippen LogP contribution in [-0.4, -0.2) is 28.2 Å². The maximum absolute atomic E-state index is 13.6. The zero-order valence-corrected chi connectivity index (χ0v) is 19.0. The van der Waals surface area contributed by atoms with Gasteiger partial charge in [-0.1, -0.05) is 18.2 Å². The summed E-state index contributed by atoms with van der Waals surface area (Å²) in [5.41, 5.74) is 7.93. The third-order valence-electron chi connectivity index (χ3n) is 6.75. The number of nitrogens with two attached hydrogens (primary N) is 1. The third kappa shape index (κ3) is 3.82. The van der Waals surface area contributed by atoms with Crippen LogP contribution in [0.4, 0.5) is 24.5 Å². The molecular weight excluding hydrogens is 465 g/mol. The third-order valence-corrected chi connectivity index (χ3v) is 8.52. The molecule has 3 aromatic carbocycles. The van der Waals surface area contributed by atoms with Gasteiger partial charge in [0, 0.05) is 30.9 Å². The molecule has 0 amide bonds. The summed E-state index contributed by atoms with van der Waals surface area (Å²) < 4.78 is 73.1. The highest BCUT2D eigenvalue weighted by atomic mass is 32.2. The maximum Gasteiger partial charge on any atom is 0.416 e. The molecule has 5 nitrogen and oxygen atoms in total. The quantitative estimate of drug-likeness (QED) is 0.514. The number of ether oxygens (including phenoxy) is 1. The molecule has 1 saturated heterocycles. The molecule has 1 fully saturated rings. The topological polar surface area (TPSA) is 72.6 Å². The van der Waals surface area contributed by atoms with Crippen LogP contribution in [0.2, 0.25) is 0 Å². The van der Waals surface area contributed by atoms with E-state index in [0.29, 0.717) is 43.0 Å². The summed E-state index contributed by atoms with van der Waals surface area (Å²) in [6, 6.07) is 16.5. The van der Waals surface area contributed by atoms with E-state index < -0.39 is 27.2 Å². The van der Waals surface area contributed by atoms with Gasteiger partial charge in [-0.25, -0.2) is 8.42 Å². The highest BCUT2D eigenvalue weighted by Gasteiger charge is 2.47. The van der Waals surface area contributed by atoms with Crippen molar-refractivity contribution in [2.24, 2.45) is 0 Å². The van der Waals surface area contributed by atoms with Crippen molar-refractivity contribution >= 4 is 21.4 Å². The van der Waals surface area contributed by atoms with Crippen molar-refractivity contribution in [2.45, 2.75) is 29.3 Å². The highest BCUT2D eigenvalue weighted by molar-refractivity contribution is 7.92. The Kier molecular flexibility index (Phi) is 5.37. The largest absolute Gasteiger partial charge is 0.416 e. The summed E-state index contributed by atoms with van der Waals surface area (Å²) in [5, 5.41) is 0. The second kappa shape index (κ2) is 8.02. The normalized spacial score (nSPS) is 17.7. The summed E-state index contributed by atoms with van der Waals surface area (Å²) in [6.07, 6.45) is -3.09. The van der Waals surface area contributed by atoms with E-state index in [1.165, 1.54) is 28.6 Å². The van der Waals surface area contributed by atoms with Crippen LogP contribution in [0.3, 0.4) is 0 Å². The van der Waals surface area contributed by atoms with Crippen molar-refractivity contribution < 1.29 is 26.3 Å². The summed E-state index contributed by atoms with van der Waals surface area (Å²) in [4.78, 5) is 0.156. The smallest absolute Gasteiger partial charge is 0.399 e. The molecule has 0 atom stereocenters. The molecule has 2 aliphatic heterocycles. The lowest BCUT2D eigenvalue weighted by molar-refractivity contribution is -0.137. The molecule has 0 radical (unpaired) electrons. The van der Waals surface area contributed by atoms with E-state index in [-0.39, 0.29) is 11.4 Å². The lowest BCUT2D eigenvalue weighted by Gasteiger charge is -2.34. The van der Waals surface area contributed by atoms with Gasteiger partial charge in [0.2, 0.25) is 0 Å². The Morgan fingerprint density at radius 1 is 0.882 bits per heavy atom. The minimum atomic E-state index is -4.40. The van der Waals surface area contributed by atoms with Gasteiger partial charge in [0.1, 0.15) is 0 Å². The molecule has 1 spiro atoms. The van der Waals surface area contributed by atoms with Gasteiger partial charge in [-0.05, 0) is 78.1 Å². The molecule has 2 heterocycles. The molecule has 0 bridgehead atoms. The Bertz CT molecular complexity index is 1320. The number of nitrogen functional groups attached to an aromatic ring is 1. The van der Waals surface area contributed by atoms with E-state index >= 15 is 0 Å². The van der Waals surface area contributed by atoms with Crippen LogP contribution < -0.4 is 10.0 Å².